The third kappa shape index (κ3) is 2.25. The van der Waals surface area contributed by atoms with Crippen LogP contribution >= 0.6 is 11.6 Å². The van der Waals surface area contributed by atoms with Gasteiger partial charge in [-0.2, -0.15) is 0 Å². The fourth-order valence-corrected chi connectivity index (χ4v) is 3.14. The first kappa shape index (κ1) is 13.6. The first-order valence-electron chi connectivity index (χ1n) is 7.15. The molecule has 0 atom stereocenters. The minimum absolute atomic E-state index is 0.234. The normalized spacial score (nSPS) is 14.5. The Hall–Kier alpha value is -2.04. The Morgan fingerprint density at radius 1 is 1.18 bits per heavy atom. The molecule has 3 aromatic rings. The van der Waals surface area contributed by atoms with E-state index >= 15 is 0 Å². The van der Waals surface area contributed by atoms with Gasteiger partial charge in [-0.05, 0) is 36.4 Å². The molecule has 4 rings (SSSR count). The molecule has 1 aliphatic heterocycles. The van der Waals surface area contributed by atoms with Crippen LogP contribution in [-0.2, 0) is 6.54 Å². The van der Waals surface area contributed by atoms with Crippen LogP contribution in [0.2, 0.25) is 5.02 Å². The summed E-state index contributed by atoms with van der Waals surface area (Å²) in [6.07, 6.45) is 1.92. The maximum Gasteiger partial charge on any atom is 0.142 e. The molecule has 0 bridgehead atoms. The van der Waals surface area contributed by atoms with Crippen LogP contribution in [0.25, 0.3) is 16.6 Å². The van der Waals surface area contributed by atoms with Gasteiger partial charge in [-0.1, -0.05) is 11.6 Å². The summed E-state index contributed by atoms with van der Waals surface area (Å²) in [5.41, 5.74) is 2.92. The van der Waals surface area contributed by atoms with E-state index in [1.807, 2.05) is 22.9 Å². The average molecular weight is 317 g/mol. The quantitative estimate of drug-likeness (QED) is 0.737. The van der Waals surface area contributed by atoms with Crippen LogP contribution in [0.1, 0.15) is 5.56 Å². The second-order valence-electron chi connectivity index (χ2n) is 5.33. The number of benzene rings is 2. The van der Waals surface area contributed by atoms with E-state index < -0.39 is 0 Å². The number of ether oxygens (including phenoxy) is 1. The van der Waals surface area contributed by atoms with Crippen molar-refractivity contribution in [3.05, 3.63) is 59.0 Å². The first-order valence-corrected chi connectivity index (χ1v) is 7.53. The molecule has 0 unspecified atom stereocenters. The smallest absolute Gasteiger partial charge is 0.142 e. The van der Waals surface area contributed by atoms with Crippen molar-refractivity contribution in [2.45, 2.75) is 6.54 Å². The molecule has 0 aliphatic carbocycles. The number of hydrogen-bond acceptors (Lipinski definition) is 2. The highest BCUT2D eigenvalue weighted by Gasteiger charge is 2.15. The van der Waals surface area contributed by atoms with Gasteiger partial charge in [-0.25, -0.2) is 4.39 Å². The zero-order valence-electron chi connectivity index (χ0n) is 11.8. The van der Waals surface area contributed by atoms with Gasteiger partial charge in [0.25, 0.3) is 0 Å². The van der Waals surface area contributed by atoms with Gasteiger partial charge in [0, 0.05) is 35.9 Å². The molecule has 0 spiro atoms. The third-order valence-electron chi connectivity index (χ3n) is 3.88. The summed E-state index contributed by atoms with van der Waals surface area (Å²) in [6, 6.07) is 10.6. The Morgan fingerprint density at radius 2 is 2.09 bits per heavy atom. The molecule has 2 heterocycles. The van der Waals surface area contributed by atoms with Gasteiger partial charge >= 0.3 is 0 Å². The highest BCUT2D eigenvalue weighted by Crippen LogP contribution is 2.34. The lowest BCUT2D eigenvalue weighted by Crippen LogP contribution is -2.16. The van der Waals surface area contributed by atoms with Crippen LogP contribution < -0.4 is 10.1 Å². The van der Waals surface area contributed by atoms with Crippen molar-refractivity contribution in [3.8, 4) is 11.4 Å². The Labute approximate surface area is 132 Å². The van der Waals surface area contributed by atoms with E-state index in [0.717, 1.165) is 41.0 Å². The summed E-state index contributed by atoms with van der Waals surface area (Å²) in [4.78, 5) is 0. The second kappa shape index (κ2) is 5.30. The Morgan fingerprint density at radius 3 is 3.00 bits per heavy atom. The molecule has 0 saturated carbocycles. The number of nitrogens with one attached hydrogen (secondary N) is 1. The molecule has 3 nitrogen and oxygen atoms in total. The van der Waals surface area contributed by atoms with E-state index in [4.69, 9.17) is 16.3 Å². The molecule has 1 aromatic heterocycles. The molecule has 0 radical (unpaired) electrons. The number of halogens is 2. The number of hydrogen-bond donors (Lipinski definition) is 1. The summed E-state index contributed by atoms with van der Waals surface area (Å²) < 4.78 is 21.0. The predicted octanol–water partition coefficient (Wildman–Crippen LogP) is 3.91. The van der Waals surface area contributed by atoms with Crippen molar-refractivity contribution in [1.29, 1.82) is 0 Å². The fraction of sp³-hybridized carbons (Fsp3) is 0.176. The van der Waals surface area contributed by atoms with Gasteiger partial charge in [-0.15, -0.1) is 0 Å². The van der Waals surface area contributed by atoms with Gasteiger partial charge in [0.1, 0.15) is 18.2 Å². The van der Waals surface area contributed by atoms with Crippen molar-refractivity contribution >= 4 is 22.5 Å². The second-order valence-corrected chi connectivity index (χ2v) is 5.74. The average Bonchev–Trinajstić information content (AvgIpc) is 2.75. The lowest BCUT2D eigenvalue weighted by molar-refractivity contribution is 0.326. The molecule has 0 fully saturated rings. The van der Waals surface area contributed by atoms with E-state index in [1.54, 1.807) is 6.07 Å². The first-order chi connectivity index (χ1) is 10.7. The van der Waals surface area contributed by atoms with Crippen molar-refractivity contribution in [3.63, 3.8) is 0 Å². The molecule has 1 N–H and O–H groups in total. The highest BCUT2D eigenvalue weighted by atomic mass is 35.5. The lowest BCUT2D eigenvalue weighted by Gasteiger charge is -2.13. The Bertz CT molecular complexity index is 859. The molecule has 2 aromatic carbocycles. The Kier molecular flexibility index (Phi) is 3.28. The SMILES string of the molecule is Fc1ccc2c(ccn2-c2cc(Cl)c3c(c2)CNCCO3)c1. The van der Waals surface area contributed by atoms with Crippen LogP contribution in [0, 0.1) is 5.82 Å². The van der Waals surface area contributed by atoms with Gasteiger partial charge in [-0.3, -0.25) is 0 Å². The molecular formula is C17H14ClFN2O. The molecule has 0 amide bonds. The van der Waals surface area contributed by atoms with Crippen LogP contribution in [-0.4, -0.2) is 17.7 Å². The minimum atomic E-state index is -0.234. The molecular weight excluding hydrogens is 303 g/mol. The molecule has 0 saturated heterocycles. The highest BCUT2D eigenvalue weighted by molar-refractivity contribution is 6.32. The molecule has 5 heteroatoms. The monoisotopic (exact) mass is 316 g/mol. The topological polar surface area (TPSA) is 26.2 Å². The van der Waals surface area contributed by atoms with E-state index in [0.29, 0.717) is 11.6 Å². The number of fused-ring (bicyclic) bond motifs is 2. The van der Waals surface area contributed by atoms with Gasteiger partial charge in [0.2, 0.25) is 0 Å². The zero-order valence-corrected chi connectivity index (χ0v) is 12.5. The molecule has 1 aliphatic rings. The molecule has 112 valence electrons. The summed E-state index contributed by atoms with van der Waals surface area (Å²) >= 11 is 6.39. The number of aromatic nitrogens is 1. The summed E-state index contributed by atoms with van der Waals surface area (Å²) in [5, 5.41) is 4.76. The van der Waals surface area contributed by atoms with E-state index in [-0.39, 0.29) is 5.82 Å². The largest absolute Gasteiger partial charge is 0.490 e. The van der Waals surface area contributed by atoms with Crippen LogP contribution in [0.5, 0.6) is 5.75 Å². The van der Waals surface area contributed by atoms with Gasteiger partial charge < -0.3 is 14.6 Å². The van der Waals surface area contributed by atoms with Crippen molar-refractivity contribution in [1.82, 2.24) is 9.88 Å². The lowest BCUT2D eigenvalue weighted by atomic mass is 10.1. The summed E-state index contributed by atoms with van der Waals surface area (Å²) in [7, 11) is 0. The zero-order chi connectivity index (χ0) is 15.1. The maximum absolute atomic E-state index is 13.3. The third-order valence-corrected chi connectivity index (χ3v) is 4.16. The van der Waals surface area contributed by atoms with Crippen molar-refractivity contribution in [2.75, 3.05) is 13.2 Å². The Balaban J connectivity index is 1.88. The fourth-order valence-electron chi connectivity index (χ4n) is 2.85. The van der Waals surface area contributed by atoms with Gasteiger partial charge in [0.15, 0.2) is 0 Å². The number of nitrogens with zero attached hydrogens (tertiary/aromatic N) is 1. The summed E-state index contributed by atoms with van der Waals surface area (Å²) in [6.45, 7) is 2.13. The van der Waals surface area contributed by atoms with Crippen molar-refractivity contribution < 1.29 is 9.13 Å². The standard InChI is InChI=1S/C17H14ClFN2O/c18-15-9-14(8-12-10-20-4-6-22-17(12)15)21-5-3-11-7-13(19)1-2-16(11)21/h1-3,5,7-9,20H,4,6,10H2. The van der Waals surface area contributed by atoms with Crippen LogP contribution in [0.15, 0.2) is 42.6 Å². The maximum atomic E-state index is 13.3. The van der Waals surface area contributed by atoms with E-state index in [9.17, 15) is 4.39 Å². The number of rotatable bonds is 1. The van der Waals surface area contributed by atoms with Gasteiger partial charge in [0.05, 0.1) is 10.5 Å². The summed E-state index contributed by atoms with van der Waals surface area (Å²) in [5.74, 6) is 0.515. The predicted molar refractivity (Wildman–Crippen MR) is 85.4 cm³/mol. The van der Waals surface area contributed by atoms with E-state index in [2.05, 4.69) is 11.4 Å². The van der Waals surface area contributed by atoms with E-state index in [1.165, 1.54) is 12.1 Å². The molecule has 22 heavy (non-hydrogen) atoms. The van der Waals surface area contributed by atoms with Crippen LogP contribution in [0.3, 0.4) is 0 Å². The van der Waals surface area contributed by atoms with Crippen LogP contribution in [0.4, 0.5) is 4.39 Å². The minimum Gasteiger partial charge on any atom is -0.490 e. The van der Waals surface area contributed by atoms with Crippen molar-refractivity contribution in [2.24, 2.45) is 0 Å².